The average molecular weight is 807 g/mol. The lowest BCUT2D eigenvalue weighted by Crippen LogP contribution is -2.58. The Morgan fingerprint density at radius 2 is 1.32 bits per heavy atom. The Balaban J connectivity index is 2.13. The number of nitrogens with one attached hydrogen (secondary N) is 5. The van der Waals surface area contributed by atoms with Gasteiger partial charge in [-0.3, -0.25) is 33.6 Å². The molecule has 1 saturated heterocycles. The Bertz CT molecular complexity index is 1390. The lowest BCUT2D eigenvalue weighted by Gasteiger charge is -2.29. The molecule has 0 aromatic rings. The van der Waals surface area contributed by atoms with Crippen molar-refractivity contribution in [3.8, 4) is 0 Å². The Hall–Kier alpha value is -4.24. The summed E-state index contributed by atoms with van der Waals surface area (Å²) in [5, 5.41) is 22.6. The number of amides is 6. The zero-order valence-electron chi connectivity index (χ0n) is 35.5. The molecule has 0 bridgehead atoms. The van der Waals surface area contributed by atoms with Gasteiger partial charge in [-0.15, -0.1) is 0 Å². The van der Waals surface area contributed by atoms with Crippen LogP contribution in [0.25, 0.3) is 0 Å². The fourth-order valence-electron chi connectivity index (χ4n) is 7.15. The van der Waals surface area contributed by atoms with E-state index in [-0.39, 0.29) is 43.0 Å². The normalized spacial score (nSPS) is 19.5. The van der Waals surface area contributed by atoms with E-state index in [1.165, 1.54) is 18.2 Å². The average Bonchev–Trinajstić information content (AvgIpc) is 3.63. The summed E-state index contributed by atoms with van der Waals surface area (Å²) in [5.74, 6) is -5.97. The number of esters is 1. The van der Waals surface area contributed by atoms with Gasteiger partial charge in [0.15, 0.2) is 0 Å². The molecular weight excluding hydrogens is 736 g/mol. The second kappa shape index (κ2) is 23.9. The van der Waals surface area contributed by atoms with E-state index in [0.29, 0.717) is 12.8 Å². The molecule has 2 fully saturated rings. The van der Waals surface area contributed by atoms with E-state index in [2.05, 4.69) is 26.6 Å². The van der Waals surface area contributed by atoms with Crippen molar-refractivity contribution in [2.45, 2.75) is 181 Å². The largest absolute Gasteiger partial charge is 0.480 e. The number of hydrogen-bond donors (Lipinski definition) is 6. The third-order valence-corrected chi connectivity index (χ3v) is 10.6. The highest BCUT2D eigenvalue weighted by Crippen LogP contribution is 2.23. The fourth-order valence-corrected chi connectivity index (χ4v) is 7.15. The number of rotatable bonds is 18. The summed E-state index contributed by atoms with van der Waals surface area (Å²) < 4.78 is 5.38. The van der Waals surface area contributed by atoms with Crippen LogP contribution < -0.4 is 26.6 Å². The highest BCUT2D eigenvalue weighted by atomic mass is 16.6. The van der Waals surface area contributed by atoms with E-state index in [1.54, 1.807) is 34.6 Å². The lowest BCUT2D eigenvalue weighted by molar-refractivity contribution is -0.157. The van der Waals surface area contributed by atoms with Crippen LogP contribution in [0.3, 0.4) is 0 Å². The second-order valence-electron chi connectivity index (χ2n) is 17.2. The molecule has 1 saturated carbocycles. The summed E-state index contributed by atoms with van der Waals surface area (Å²) in [5.41, 5.74) is -0.902. The summed E-state index contributed by atoms with van der Waals surface area (Å²) in [6.45, 7) is 13.5. The Labute approximate surface area is 338 Å². The monoisotopic (exact) mass is 807 g/mol. The molecule has 1 heterocycles. The fraction of sp³-hybridized carbons (Fsp3) is 0.805. The number of carbonyl (C=O) groups is 8. The second-order valence-corrected chi connectivity index (χ2v) is 17.2. The molecule has 0 spiro atoms. The Morgan fingerprint density at radius 3 is 1.86 bits per heavy atom. The van der Waals surface area contributed by atoms with Crippen LogP contribution in [-0.4, -0.2) is 106 Å². The first-order valence-corrected chi connectivity index (χ1v) is 21.0. The van der Waals surface area contributed by atoms with Crippen LogP contribution in [0.15, 0.2) is 0 Å². The summed E-state index contributed by atoms with van der Waals surface area (Å²) in [6.07, 6.45) is 10.1. The maximum Gasteiger partial charge on any atom is 0.326 e. The van der Waals surface area contributed by atoms with Gasteiger partial charge in [-0.2, -0.15) is 0 Å². The zero-order chi connectivity index (χ0) is 42.9. The van der Waals surface area contributed by atoms with Gasteiger partial charge in [-0.25, -0.2) is 4.79 Å². The number of aliphatic carboxylic acids is 1. The van der Waals surface area contributed by atoms with E-state index in [4.69, 9.17) is 4.74 Å². The molecule has 1 aliphatic heterocycles. The third kappa shape index (κ3) is 17.4. The standard InChI is InChI=1S/C41H70N6O10/c1-9-26(4)34(46-36(51)28-18-15-13-11-10-12-14-16-19-28)39(54)42-24-32(48)47-21-17-20-31(47)38(53)44-29(23-33(49)57-41(6,7)8)37(52)43-27(5)35(50)45-30(40(55)56)22-25(2)3/h25-31,34H,9-24H2,1-8H3,(H,42,54)(H,43,52)(H,44,53)(H,45,50)(H,46,51)(H,55,56)/t26?,27-,29?,30?,31?,34-/m0/s1. The van der Waals surface area contributed by atoms with Crippen LogP contribution in [0.2, 0.25) is 0 Å². The summed E-state index contributed by atoms with van der Waals surface area (Å²) in [6, 6.07) is -5.78. The number of carboxylic acid groups (broad SMARTS) is 1. The number of nitrogens with zero attached hydrogens (tertiary/aromatic N) is 1. The van der Waals surface area contributed by atoms with Crippen LogP contribution in [0.5, 0.6) is 0 Å². The van der Waals surface area contributed by atoms with E-state index in [9.17, 15) is 43.5 Å². The van der Waals surface area contributed by atoms with Crippen molar-refractivity contribution < 1.29 is 48.2 Å². The van der Waals surface area contributed by atoms with Crippen LogP contribution in [0.4, 0.5) is 0 Å². The van der Waals surface area contributed by atoms with E-state index in [1.807, 2.05) is 13.8 Å². The summed E-state index contributed by atoms with van der Waals surface area (Å²) >= 11 is 0. The number of carbonyl (C=O) groups excluding carboxylic acids is 7. The van der Waals surface area contributed by atoms with Crippen molar-refractivity contribution in [1.82, 2.24) is 31.5 Å². The molecule has 4 unspecified atom stereocenters. The summed E-state index contributed by atoms with van der Waals surface area (Å²) in [7, 11) is 0. The molecule has 57 heavy (non-hydrogen) atoms. The maximum absolute atomic E-state index is 13.7. The van der Waals surface area contributed by atoms with Crippen molar-refractivity contribution in [2.75, 3.05) is 13.1 Å². The molecule has 2 aliphatic rings. The molecule has 0 aromatic carbocycles. The zero-order valence-corrected chi connectivity index (χ0v) is 35.5. The Morgan fingerprint density at radius 1 is 0.719 bits per heavy atom. The molecular formula is C41H70N6O10. The molecule has 0 aromatic heterocycles. The van der Waals surface area contributed by atoms with E-state index >= 15 is 0 Å². The molecule has 1 aliphatic carbocycles. The first kappa shape index (κ1) is 48.9. The first-order chi connectivity index (χ1) is 26.7. The number of hydrogen-bond acceptors (Lipinski definition) is 9. The van der Waals surface area contributed by atoms with Crippen LogP contribution in [0, 0.1) is 17.8 Å². The van der Waals surface area contributed by atoms with Gasteiger partial charge >= 0.3 is 11.9 Å². The van der Waals surface area contributed by atoms with Gasteiger partial charge < -0.3 is 41.3 Å². The molecule has 2 rings (SSSR count). The van der Waals surface area contributed by atoms with Crippen LogP contribution in [0.1, 0.15) is 145 Å². The smallest absolute Gasteiger partial charge is 0.326 e. The van der Waals surface area contributed by atoms with Gasteiger partial charge in [0.2, 0.25) is 35.4 Å². The van der Waals surface area contributed by atoms with Gasteiger partial charge in [-0.05, 0) is 71.6 Å². The molecule has 6 amide bonds. The van der Waals surface area contributed by atoms with Crippen molar-refractivity contribution in [3.05, 3.63) is 0 Å². The molecule has 16 nitrogen and oxygen atoms in total. The molecule has 16 heteroatoms. The van der Waals surface area contributed by atoms with Gasteiger partial charge in [0, 0.05) is 12.5 Å². The minimum Gasteiger partial charge on any atom is -0.480 e. The minimum absolute atomic E-state index is 0.0350. The van der Waals surface area contributed by atoms with Gasteiger partial charge in [0.1, 0.15) is 35.8 Å². The topological polar surface area (TPSA) is 229 Å². The van der Waals surface area contributed by atoms with E-state index < -0.39 is 90.3 Å². The maximum atomic E-state index is 13.7. The van der Waals surface area contributed by atoms with Crippen molar-refractivity contribution >= 4 is 47.4 Å². The minimum atomic E-state index is -1.50. The molecule has 324 valence electrons. The highest BCUT2D eigenvalue weighted by molar-refractivity contribution is 5.97. The molecule has 6 atom stereocenters. The van der Waals surface area contributed by atoms with Gasteiger partial charge in [0.25, 0.3) is 0 Å². The Kier molecular flexibility index (Phi) is 20.5. The van der Waals surface area contributed by atoms with Crippen LogP contribution in [-0.2, 0) is 43.1 Å². The number of carboxylic acids is 1. The quantitative estimate of drug-likeness (QED) is 0.111. The molecule has 0 radical (unpaired) electrons. The highest BCUT2D eigenvalue weighted by Gasteiger charge is 2.38. The predicted molar refractivity (Wildman–Crippen MR) is 213 cm³/mol. The number of likely N-dealkylation sites (tertiary alicyclic amines) is 1. The third-order valence-electron chi connectivity index (χ3n) is 10.6. The summed E-state index contributed by atoms with van der Waals surface area (Å²) in [4.78, 5) is 106. The first-order valence-electron chi connectivity index (χ1n) is 21.0. The van der Waals surface area contributed by atoms with Crippen molar-refractivity contribution in [2.24, 2.45) is 17.8 Å². The SMILES string of the molecule is CCC(C)[C@H](NC(=O)C1CCCCCCCCC1)C(=O)NCC(=O)N1CCCC1C(=O)NC(CC(=O)OC(C)(C)C)C(=O)N[C@@H](C)C(=O)NC(CC(C)C)C(=O)O. The van der Waals surface area contributed by atoms with Crippen molar-refractivity contribution in [3.63, 3.8) is 0 Å². The number of ether oxygens (including phenoxy) is 1. The van der Waals surface area contributed by atoms with Gasteiger partial charge in [-0.1, -0.05) is 79.1 Å². The van der Waals surface area contributed by atoms with Gasteiger partial charge in [0.05, 0.1) is 13.0 Å². The van der Waals surface area contributed by atoms with E-state index in [0.717, 1.165) is 51.4 Å². The predicted octanol–water partition coefficient (Wildman–Crippen LogP) is 3.10. The van der Waals surface area contributed by atoms with Crippen molar-refractivity contribution in [1.29, 1.82) is 0 Å². The molecule has 6 N–H and O–H groups in total. The van der Waals surface area contributed by atoms with Crippen LogP contribution >= 0.6 is 0 Å². The lowest BCUT2D eigenvalue weighted by atomic mass is 9.90.